The number of esters is 1. The molecule has 31 heavy (non-hydrogen) atoms. The second-order valence-electron chi connectivity index (χ2n) is 7.89. The first-order chi connectivity index (χ1) is 14.9. The molecule has 0 amide bonds. The van der Waals surface area contributed by atoms with Crippen molar-refractivity contribution < 1.29 is 14.3 Å². The van der Waals surface area contributed by atoms with E-state index in [-0.39, 0.29) is 5.84 Å². The van der Waals surface area contributed by atoms with Gasteiger partial charge in [-0.05, 0) is 67.5 Å². The molecule has 4 N–H and O–H groups in total. The summed E-state index contributed by atoms with van der Waals surface area (Å²) in [6, 6.07) is 12.7. The molecule has 0 spiro atoms. The number of nitrogen functional groups attached to an aromatic ring is 1. The van der Waals surface area contributed by atoms with Crippen molar-refractivity contribution in [3.63, 3.8) is 0 Å². The first-order valence-corrected chi connectivity index (χ1v) is 10.5. The largest absolute Gasteiger partial charge is 0.494 e. The highest BCUT2D eigenvalue weighted by Gasteiger charge is 2.19. The lowest BCUT2D eigenvalue weighted by Crippen LogP contribution is -2.36. The van der Waals surface area contributed by atoms with Crippen molar-refractivity contribution in [1.29, 1.82) is 10.8 Å². The summed E-state index contributed by atoms with van der Waals surface area (Å²) in [5.74, 6) is 1.39. The third kappa shape index (κ3) is 5.84. The van der Waals surface area contributed by atoms with Crippen molar-refractivity contribution in [2.45, 2.75) is 26.2 Å². The Morgan fingerprint density at radius 2 is 1.81 bits per heavy atom. The Bertz CT molecular complexity index is 965. The number of nitrogens with two attached hydrogens (primary N) is 1. The Morgan fingerprint density at radius 3 is 2.45 bits per heavy atom. The molecule has 7 nitrogen and oxygen atoms in total. The summed E-state index contributed by atoms with van der Waals surface area (Å²) in [6.45, 7) is 4.25. The molecule has 0 aromatic heterocycles. The van der Waals surface area contributed by atoms with E-state index in [1.54, 1.807) is 18.2 Å². The fourth-order valence-corrected chi connectivity index (χ4v) is 3.85. The third-order valence-corrected chi connectivity index (χ3v) is 5.72. The SMILES string of the molecule is COC(=O)c1cc(OCCC2CCN(C(C)=N)CC2)cc(-c2cccc(C(=N)N)c2)c1. The van der Waals surface area contributed by atoms with Gasteiger partial charge in [0.2, 0.25) is 0 Å². The Balaban J connectivity index is 1.72. The topological polar surface area (TPSA) is 112 Å². The normalized spacial score (nSPS) is 14.2. The van der Waals surface area contributed by atoms with Crippen molar-refractivity contribution >= 4 is 17.6 Å². The molecule has 0 unspecified atom stereocenters. The zero-order valence-electron chi connectivity index (χ0n) is 18.1. The molecule has 164 valence electrons. The maximum Gasteiger partial charge on any atom is 0.338 e. The van der Waals surface area contributed by atoms with Crippen molar-refractivity contribution in [1.82, 2.24) is 4.90 Å². The molecule has 0 atom stereocenters. The maximum atomic E-state index is 12.2. The van der Waals surface area contributed by atoms with E-state index in [1.165, 1.54) is 7.11 Å². The fourth-order valence-electron chi connectivity index (χ4n) is 3.85. The number of carbonyl (C=O) groups excluding carboxylic acids is 1. The van der Waals surface area contributed by atoms with E-state index in [0.717, 1.165) is 43.5 Å². The summed E-state index contributed by atoms with van der Waals surface area (Å²) in [6.07, 6.45) is 3.05. The molecule has 2 aromatic rings. The van der Waals surface area contributed by atoms with Gasteiger partial charge in [0.05, 0.1) is 25.1 Å². The highest BCUT2D eigenvalue weighted by atomic mass is 16.5. The molecule has 0 radical (unpaired) electrons. The predicted molar refractivity (Wildman–Crippen MR) is 122 cm³/mol. The van der Waals surface area contributed by atoms with E-state index >= 15 is 0 Å². The Morgan fingerprint density at radius 1 is 1.10 bits per heavy atom. The summed E-state index contributed by atoms with van der Waals surface area (Å²) in [5, 5.41) is 15.4. The van der Waals surface area contributed by atoms with Crippen molar-refractivity contribution in [3.05, 3.63) is 53.6 Å². The summed E-state index contributed by atoms with van der Waals surface area (Å²) < 4.78 is 10.9. The van der Waals surface area contributed by atoms with E-state index < -0.39 is 5.97 Å². The van der Waals surface area contributed by atoms with Crippen LogP contribution in [0.3, 0.4) is 0 Å². The lowest BCUT2D eigenvalue weighted by atomic mass is 9.94. The summed E-state index contributed by atoms with van der Waals surface area (Å²) in [7, 11) is 1.36. The Kier molecular flexibility index (Phi) is 7.28. The summed E-state index contributed by atoms with van der Waals surface area (Å²) in [5.41, 5.74) is 8.30. The van der Waals surface area contributed by atoms with Gasteiger partial charge in [0.15, 0.2) is 0 Å². The van der Waals surface area contributed by atoms with Crippen LogP contribution in [0.4, 0.5) is 0 Å². The molecule has 2 aromatic carbocycles. The van der Waals surface area contributed by atoms with Crippen molar-refractivity contribution in [3.8, 4) is 16.9 Å². The van der Waals surface area contributed by atoms with Crippen LogP contribution in [0, 0.1) is 16.7 Å². The third-order valence-electron chi connectivity index (χ3n) is 5.72. The van der Waals surface area contributed by atoms with E-state index in [2.05, 4.69) is 4.90 Å². The number of nitrogens with zero attached hydrogens (tertiary/aromatic N) is 1. The second-order valence-corrected chi connectivity index (χ2v) is 7.89. The zero-order chi connectivity index (χ0) is 22.4. The molecule has 1 saturated heterocycles. The number of ether oxygens (including phenoxy) is 2. The van der Waals surface area contributed by atoms with Crippen LogP contribution in [0.2, 0.25) is 0 Å². The molecule has 1 fully saturated rings. The van der Waals surface area contributed by atoms with Gasteiger partial charge in [0.1, 0.15) is 11.6 Å². The Labute approximate surface area is 183 Å². The minimum Gasteiger partial charge on any atom is -0.494 e. The average Bonchev–Trinajstić information content (AvgIpc) is 2.78. The van der Waals surface area contributed by atoms with Crippen LogP contribution in [0.1, 0.15) is 42.1 Å². The van der Waals surface area contributed by atoms with Gasteiger partial charge in [-0.25, -0.2) is 4.79 Å². The number of nitrogens with one attached hydrogen (secondary N) is 2. The standard InChI is InChI=1S/C24H30N4O3/c1-16(25)28-9-6-17(7-10-28)8-11-31-22-14-20(13-21(15-22)24(29)30-2)18-4-3-5-19(12-18)23(26)27/h3-5,12-15,17,25H,6-11H2,1-2H3,(H3,26,27). The van der Waals surface area contributed by atoms with Gasteiger partial charge in [-0.15, -0.1) is 0 Å². The van der Waals surface area contributed by atoms with Gasteiger partial charge < -0.3 is 20.1 Å². The molecular weight excluding hydrogens is 392 g/mol. The number of piperidine rings is 1. The van der Waals surface area contributed by atoms with E-state index in [4.69, 9.17) is 26.0 Å². The number of rotatable bonds is 7. The van der Waals surface area contributed by atoms with Crippen LogP contribution >= 0.6 is 0 Å². The van der Waals surface area contributed by atoms with E-state index in [9.17, 15) is 4.79 Å². The minimum absolute atomic E-state index is 0.00768. The quantitative estimate of drug-likeness (QED) is 0.356. The van der Waals surface area contributed by atoms with E-state index in [1.807, 2.05) is 31.2 Å². The fraction of sp³-hybridized carbons (Fsp3) is 0.375. The van der Waals surface area contributed by atoms with Crippen LogP contribution in [0.25, 0.3) is 11.1 Å². The molecule has 0 bridgehead atoms. The van der Waals surface area contributed by atoms with Crippen LogP contribution in [-0.4, -0.2) is 49.3 Å². The number of hydrogen-bond acceptors (Lipinski definition) is 5. The summed E-state index contributed by atoms with van der Waals surface area (Å²) in [4.78, 5) is 14.3. The van der Waals surface area contributed by atoms with Gasteiger partial charge in [-0.3, -0.25) is 10.8 Å². The van der Waals surface area contributed by atoms with Gasteiger partial charge in [0, 0.05) is 18.7 Å². The Hall–Kier alpha value is -3.35. The second kappa shape index (κ2) is 10.1. The first kappa shape index (κ1) is 22.3. The van der Waals surface area contributed by atoms with Crippen molar-refractivity contribution in [2.24, 2.45) is 11.7 Å². The number of benzene rings is 2. The molecule has 1 heterocycles. The van der Waals surface area contributed by atoms with E-state index in [0.29, 0.717) is 35.2 Å². The highest BCUT2D eigenvalue weighted by molar-refractivity contribution is 5.96. The van der Waals surface area contributed by atoms with Gasteiger partial charge in [-0.1, -0.05) is 18.2 Å². The molecule has 1 aliphatic heterocycles. The smallest absolute Gasteiger partial charge is 0.338 e. The molecule has 7 heteroatoms. The molecule has 3 rings (SSSR count). The predicted octanol–water partition coefficient (Wildman–Crippen LogP) is 3.90. The maximum absolute atomic E-state index is 12.2. The average molecular weight is 423 g/mol. The van der Waals surface area contributed by atoms with Crippen LogP contribution in [-0.2, 0) is 4.74 Å². The molecule has 0 saturated carbocycles. The number of likely N-dealkylation sites (tertiary alicyclic amines) is 1. The minimum atomic E-state index is -0.427. The van der Waals surface area contributed by atoms with Crippen LogP contribution < -0.4 is 10.5 Å². The monoisotopic (exact) mass is 422 g/mol. The van der Waals surface area contributed by atoms with Gasteiger partial charge in [0.25, 0.3) is 0 Å². The highest BCUT2D eigenvalue weighted by Crippen LogP contribution is 2.28. The zero-order valence-corrected chi connectivity index (χ0v) is 18.1. The number of hydrogen-bond donors (Lipinski definition) is 3. The van der Waals surface area contributed by atoms with Crippen LogP contribution in [0.15, 0.2) is 42.5 Å². The molecular formula is C24H30N4O3. The van der Waals surface area contributed by atoms with Crippen LogP contribution in [0.5, 0.6) is 5.75 Å². The van der Waals surface area contributed by atoms with Gasteiger partial charge >= 0.3 is 5.97 Å². The summed E-state index contributed by atoms with van der Waals surface area (Å²) >= 11 is 0. The molecule has 0 aliphatic carbocycles. The number of amidine groups is 2. The number of carbonyl (C=O) groups is 1. The molecule has 1 aliphatic rings. The van der Waals surface area contributed by atoms with Gasteiger partial charge in [-0.2, -0.15) is 0 Å². The lowest BCUT2D eigenvalue weighted by molar-refractivity contribution is 0.0600. The van der Waals surface area contributed by atoms with Crippen molar-refractivity contribution in [2.75, 3.05) is 26.8 Å². The number of methoxy groups -OCH3 is 1. The lowest BCUT2D eigenvalue weighted by Gasteiger charge is -2.32. The first-order valence-electron chi connectivity index (χ1n) is 10.5.